The maximum Gasteiger partial charge on any atom is 0.279 e. The van der Waals surface area contributed by atoms with Gasteiger partial charge in [-0.05, 0) is 57.5 Å². The van der Waals surface area contributed by atoms with Crippen molar-refractivity contribution in [3.8, 4) is 5.88 Å². The summed E-state index contributed by atoms with van der Waals surface area (Å²) in [5.41, 5.74) is 2.95. The lowest BCUT2D eigenvalue weighted by Gasteiger charge is -2.24. The second kappa shape index (κ2) is 10.2. The molecule has 0 bridgehead atoms. The standard InChI is InChI=1S/C28H29N5O5S2/c1-6-7-24-29-20(4)26-28(30-23-16-17-25(38-5)31-27(23)32(24)26)33(39(34,35)21-12-8-18(2)9-13-21)40(36,37)22-14-10-19(3)11-15-22/h8-17H,6-7H2,1-5H3. The number of aromatic nitrogens is 4. The van der Waals surface area contributed by atoms with Gasteiger partial charge in [0.1, 0.15) is 16.9 Å². The van der Waals surface area contributed by atoms with Crippen molar-refractivity contribution >= 4 is 42.5 Å². The zero-order valence-corrected chi connectivity index (χ0v) is 24.4. The highest BCUT2D eigenvalue weighted by Gasteiger charge is 2.40. The summed E-state index contributed by atoms with van der Waals surface area (Å²) in [5.74, 6) is 0.645. The number of pyridine rings is 1. The van der Waals surface area contributed by atoms with Crippen LogP contribution in [0.1, 0.15) is 36.0 Å². The van der Waals surface area contributed by atoms with E-state index in [-0.39, 0.29) is 26.6 Å². The summed E-state index contributed by atoms with van der Waals surface area (Å²) >= 11 is 0. The van der Waals surface area contributed by atoms with Crippen LogP contribution < -0.4 is 8.45 Å². The number of anilines is 1. The predicted molar refractivity (Wildman–Crippen MR) is 153 cm³/mol. The number of ether oxygens (including phenoxy) is 1. The molecule has 0 spiro atoms. The van der Waals surface area contributed by atoms with Crippen LogP contribution in [0.3, 0.4) is 0 Å². The maximum absolute atomic E-state index is 14.3. The summed E-state index contributed by atoms with van der Waals surface area (Å²) < 4.78 is 64.6. The number of fused-ring (bicyclic) bond motifs is 3. The van der Waals surface area contributed by atoms with Gasteiger partial charge >= 0.3 is 0 Å². The Morgan fingerprint density at radius 3 is 1.82 bits per heavy atom. The van der Waals surface area contributed by atoms with Crippen molar-refractivity contribution in [2.75, 3.05) is 10.8 Å². The van der Waals surface area contributed by atoms with Gasteiger partial charge in [-0.25, -0.2) is 9.97 Å². The minimum absolute atomic E-state index is 0.187. The SMILES string of the molecule is CCCc1nc(C)c2c(N(S(=O)(=O)c3ccc(C)cc3)S(=O)(=O)c3ccc(C)cc3)nc3ccc(OC)nc3n12. The summed E-state index contributed by atoms with van der Waals surface area (Å²) in [4.78, 5) is 13.5. The average Bonchev–Trinajstić information content (AvgIpc) is 3.25. The van der Waals surface area contributed by atoms with Crippen LogP contribution in [0.2, 0.25) is 0 Å². The third-order valence-electron chi connectivity index (χ3n) is 6.53. The molecule has 0 N–H and O–H groups in total. The number of sulfonamides is 2. The fourth-order valence-electron chi connectivity index (χ4n) is 4.52. The molecule has 208 valence electrons. The average molecular weight is 580 g/mol. The Kier molecular flexibility index (Phi) is 7.01. The van der Waals surface area contributed by atoms with Gasteiger partial charge in [-0.1, -0.05) is 42.3 Å². The van der Waals surface area contributed by atoms with Crippen molar-refractivity contribution in [3.63, 3.8) is 0 Å². The molecule has 0 aliphatic rings. The quantitative estimate of drug-likeness (QED) is 0.258. The van der Waals surface area contributed by atoms with Crippen LogP contribution >= 0.6 is 0 Å². The molecule has 3 heterocycles. The molecule has 0 aliphatic carbocycles. The zero-order valence-electron chi connectivity index (χ0n) is 22.8. The molecule has 0 unspecified atom stereocenters. The van der Waals surface area contributed by atoms with Gasteiger partial charge in [-0.15, -0.1) is 3.71 Å². The molecule has 3 aromatic heterocycles. The van der Waals surface area contributed by atoms with Crippen LogP contribution in [0.5, 0.6) is 5.88 Å². The van der Waals surface area contributed by atoms with Gasteiger partial charge in [0.15, 0.2) is 11.5 Å². The monoisotopic (exact) mass is 579 g/mol. The molecular weight excluding hydrogens is 550 g/mol. The van der Waals surface area contributed by atoms with Crippen molar-refractivity contribution < 1.29 is 21.6 Å². The molecule has 0 aliphatic heterocycles. The molecule has 10 nitrogen and oxygen atoms in total. The lowest BCUT2D eigenvalue weighted by atomic mass is 10.2. The smallest absolute Gasteiger partial charge is 0.279 e. The van der Waals surface area contributed by atoms with Gasteiger partial charge in [-0.3, -0.25) is 4.40 Å². The molecule has 5 rings (SSSR count). The van der Waals surface area contributed by atoms with Gasteiger partial charge in [-0.2, -0.15) is 21.8 Å². The number of methoxy groups -OCH3 is 1. The Labute approximate surface area is 233 Å². The van der Waals surface area contributed by atoms with E-state index in [0.29, 0.717) is 33.2 Å². The van der Waals surface area contributed by atoms with E-state index < -0.39 is 20.0 Å². The fraction of sp³-hybridized carbons (Fsp3) is 0.250. The predicted octanol–water partition coefficient (Wildman–Crippen LogP) is 4.75. The second-order valence-electron chi connectivity index (χ2n) is 9.51. The van der Waals surface area contributed by atoms with E-state index in [0.717, 1.165) is 17.5 Å². The van der Waals surface area contributed by atoms with Crippen LogP contribution in [0.25, 0.3) is 16.7 Å². The Balaban J connectivity index is 1.93. The third-order valence-corrected chi connectivity index (χ3v) is 10.7. The number of hydrogen-bond acceptors (Lipinski definition) is 8. The molecule has 5 aromatic rings. The lowest BCUT2D eigenvalue weighted by molar-refractivity contribution is 0.399. The van der Waals surface area contributed by atoms with Gasteiger partial charge < -0.3 is 4.74 Å². The molecule has 0 radical (unpaired) electrons. The summed E-state index contributed by atoms with van der Waals surface area (Å²) in [6, 6.07) is 15.2. The minimum atomic E-state index is -4.68. The number of nitrogens with zero attached hydrogens (tertiary/aromatic N) is 5. The summed E-state index contributed by atoms with van der Waals surface area (Å²) in [7, 11) is -7.88. The minimum Gasteiger partial charge on any atom is -0.481 e. The van der Waals surface area contributed by atoms with Crippen molar-refractivity contribution in [1.82, 2.24) is 19.4 Å². The van der Waals surface area contributed by atoms with Gasteiger partial charge in [0.2, 0.25) is 5.88 Å². The van der Waals surface area contributed by atoms with Crippen LogP contribution in [0.4, 0.5) is 5.82 Å². The molecule has 12 heteroatoms. The Bertz CT molecular complexity index is 1880. The summed E-state index contributed by atoms with van der Waals surface area (Å²) in [6.45, 7) is 7.32. The van der Waals surface area contributed by atoms with Gasteiger partial charge in [0, 0.05) is 12.5 Å². The molecule has 40 heavy (non-hydrogen) atoms. The maximum atomic E-state index is 14.3. The zero-order chi connectivity index (χ0) is 28.8. The summed E-state index contributed by atoms with van der Waals surface area (Å²) in [6.07, 6.45) is 1.29. The first-order valence-electron chi connectivity index (χ1n) is 12.7. The molecule has 0 saturated carbocycles. The van der Waals surface area contributed by atoms with Gasteiger partial charge in [0.05, 0.1) is 22.6 Å². The normalized spacial score (nSPS) is 12.2. The lowest BCUT2D eigenvalue weighted by Crippen LogP contribution is -2.38. The van der Waals surface area contributed by atoms with Crippen molar-refractivity contribution in [2.24, 2.45) is 0 Å². The molecule has 0 amide bonds. The topological polar surface area (TPSA) is 124 Å². The Hall–Kier alpha value is -4.03. The number of hydrogen-bond donors (Lipinski definition) is 0. The largest absolute Gasteiger partial charge is 0.481 e. The number of benzene rings is 2. The molecule has 0 atom stereocenters. The van der Waals surface area contributed by atoms with Crippen molar-refractivity contribution in [2.45, 2.75) is 50.3 Å². The van der Waals surface area contributed by atoms with E-state index in [9.17, 15) is 16.8 Å². The highest BCUT2D eigenvalue weighted by Crippen LogP contribution is 2.36. The third kappa shape index (κ3) is 4.56. The van der Waals surface area contributed by atoms with E-state index in [4.69, 9.17) is 4.74 Å². The second-order valence-corrected chi connectivity index (χ2v) is 13.3. The first-order valence-corrected chi connectivity index (χ1v) is 15.5. The van der Waals surface area contributed by atoms with Crippen LogP contribution in [-0.4, -0.2) is 43.3 Å². The Morgan fingerprint density at radius 2 is 1.32 bits per heavy atom. The Morgan fingerprint density at radius 1 is 0.775 bits per heavy atom. The highest BCUT2D eigenvalue weighted by atomic mass is 32.3. The highest BCUT2D eigenvalue weighted by molar-refractivity contribution is 8.10. The molecular formula is C28H29N5O5S2. The fourth-order valence-corrected chi connectivity index (χ4v) is 8.12. The van der Waals surface area contributed by atoms with Crippen molar-refractivity contribution in [1.29, 1.82) is 0 Å². The number of imidazole rings is 1. The molecule has 2 aromatic carbocycles. The van der Waals surface area contributed by atoms with E-state index in [2.05, 4.69) is 15.0 Å². The summed E-state index contributed by atoms with van der Waals surface area (Å²) in [5, 5.41) is 0. The van der Waals surface area contributed by atoms with Gasteiger partial charge in [0.25, 0.3) is 20.0 Å². The van der Waals surface area contributed by atoms with E-state index >= 15 is 0 Å². The van der Waals surface area contributed by atoms with E-state index in [1.807, 2.05) is 20.8 Å². The molecule has 0 fully saturated rings. The van der Waals surface area contributed by atoms with Crippen LogP contribution in [0, 0.1) is 20.8 Å². The number of aryl methyl sites for hydroxylation is 4. The first kappa shape index (κ1) is 27.5. The van der Waals surface area contributed by atoms with Crippen LogP contribution in [-0.2, 0) is 26.5 Å². The van der Waals surface area contributed by atoms with Crippen LogP contribution in [0.15, 0.2) is 70.5 Å². The first-order chi connectivity index (χ1) is 19.0. The van der Waals surface area contributed by atoms with E-state index in [1.165, 1.54) is 31.4 Å². The number of rotatable bonds is 8. The molecule has 0 saturated heterocycles. The van der Waals surface area contributed by atoms with E-state index in [1.54, 1.807) is 47.7 Å². The van der Waals surface area contributed by atoms with Crippen molar-refractivity contribution in [3.05, 3.63) is 83.3 Å².